The number of benzene rings is 1. The van der Waals surface area contributed by atoms with Crippen molar-refractivity contribution in [2.75, 3.05) is 6.54 Å². The number of hydrogen-bond acceptors (Lipinski definition) is 5. The number of carboxylic acids is 1. The molecule has 0 spiro atoms. The number of carboxylic acid groups (broad SMARTS) is 1. The van der Waals surface area contributed by atoms with E-state index in [-0.39, 0.29) is 28.9 Å². The monoisotopic (exact) mass is 444 g/mol. The lowest BCUT2D eigenvalue weighted by molar-refractivity contribution is -0.143. The first-order valence-corrected chi connectivity index (χ1v) is 10.7. The van der Waals surface area contributed by atoms with Gasteiger partial charge < -0.3 is 15.2 Å². The van der Waals surface area contributed by atoms with Crippen molar-refractivity contribution >= 4 is 29.3 Å². The highest BCUT2D eigenvalue weighted by atomic mass is 35.5. The number of aromatic nitrogens is 1. The molecule has 3 rings (SSSR count). The number of amides is 1. The van der Waals surface area contributed by atoms with Gasteiger partial charge in [-0.3, -0.25) is 14.4 Å². The molecule has 1 aliphatic carbocycles. The molecule has 1 amide bonds. The molecule has 31 heavy (non-hydrogen) atoms. The van der Waals surface area contributed by atoms with E-state index in [0.717, 1.165) is 12.8 Å². The quantitative estimate of drug-likeness (QED) is 0.342. The van der Waals surface area contributed by atoms with Gasteiger partial charge in [0.25, 0.3) is 5.91 Å². The number of ketones is 1. The van der Waals surface area contributed by atoms with Crippen LogP contribution < -0.4 is 10.1 Å². The number of halogens is 1. The third-order valence-electron chi connectivity index (χ3n) is 5.36. The molecule has 0 aliphatic heterocycles. The van der Waals surface area contributed by atoms with Gasteiger partial charge in [-0.2, -0.15) is 0 Å². The molecule has 2 aromatic rings. The summed E-state index contributed by atoms with van der Waals surface area (Å²) in [5, 5.41) is 12.1. The Morgan fingerprint density at radius 3 is 2.42 bits per heavy atom. The lowest BCUT2D eigenvalue weighted by Gasteiger charge is -2.26. The summed E-state index contributed by atoms with van der Waals surface area (Å²) >= 11 is 5.78. The van der Waals surface area contributed by atoms with Crippen LogP contribution in [0, 0.1) is 5.92 Å². The number of rotatable bonds is 9. The zero-order valence-electron chi connectivity index (χ0n) is 17.1. The van der Waals surface area contributed by atoms with Gasteiger partial charge in [-0.25, -0.2) is 4.98 Å². The number of hydrogen-bond donors (Lipinski definition) is 2. The summed E-state index contributed by atoms with van der Waals surface area (Å²) in [7, 11) is 0. The van der Waals surface area contributed by atoms with Crippen LogP contribution in [0.5, 0.6) is 5.75 Å². The molecular formula is C23H25ClN2O5. The average molecular weight is 445 g/mol. The predicted molar refractivity (Wildman–Crippen MR) is 116 cm³/mol. The summed E-state index contributed by atoms with van der Waals surface area (Å²) < 4.78 is 5.93. The van der Waals surface area contributed by atoms with E-state index < -0.39 is 5.97 Å². The summed E-state index contributed by atoms with van der Waals surface area (Å²) in [5.41, 5.74) is 1.02. The third kappa shape index (κ3) is 6.79. The number of carbonyl (C=O) groups is 3. The number of aliphatic carboxylic acids is 1. The molecule has 1 heterocycles. The van der Waals surface area contributed by atoms with Gasteiger partial charge in [-0.05, 0) is 68.5 Å². The highest BCUT2D eigenvalue weighted by Gasteiger charge is 2.26. The molecule has 8 heteroatoms. The molecule has 0 saturated heterocycles. The molecule has 1 aliphatic rings. The lowest BCUT2D eigenvalue weighted by atomic mass is 9.87. The third-order valence-corrected chi connectivity index (χ3v) is 5.56. The van der Waals surface area contributed by atoms with Gasteiger partial charge in [0.1, 0.15) is 10.9 Å². The normalized spacial score (nSPS) is 18.2. The van der Waals surface area contributed by atoms with Gasteiger partial charge in [-0.15, -0.1) is 0 Å². The lowest BCUT2D eigenvalue weighted by Crippen LogP contribution is -2.27. The molecule has 1 fully saturated rings. The smallest absolute Gasteiger partial charge is 0.306 e. The van der Waals surface area contributed by atoms with E-state index in [0.29, 0.717) is 49.1 Å². The van der Waals surface area contributed by atoms with E-state index in [1.165, 1.54) is 12.3 Å². The molecule has 0 unspecified atom stereocenters. The van der Waals surface area contributed by atoms with Gasteiger partial charge in [0.15, 0.2) is 5.78 Å². The minimum Gasteiger partial charge on any atom is -0.490 e. The first-order chi connectivity index (χ1) is 14.9. The van der Waals surface area contributed by atoms with Crippen molar-refractivity contribution < 1.29 is 24.2 Å². The van der Waals surface area contributed by atoms with Crippen LogP contribution in [0.4, 0.5) is 0 Å². The maximum absolute atomic E-state index is 12.4. The Labute approximate surface area is 185 Å². The minimum atomic E-state index is -0.734. The van der Waals surface area contributed by atoms with Gasteiger partial charge in [-0.1, -0.05) is 11.6 Å². The second-order valence-corrected chi connectivity index (χ2v) is 7.99. The Morgan fingerprint density at radius 1 is 1.06 bits per heavy atom. The van der Waals surface area contributed by atoms with E-state index in [2.05, 4.69) is 10.3 Å². The maximum Gasteiger partial charge on any atom is 0.306 e. The predicted octanol–water partition coefficient (Wildman–Crippen LogP) is 4.15. The SMILES string of the molecule is O=C(CCCNC(=O)c1ccnc(Cl)c1)c1ccc(OC2CCC(C(=O)O)CC2)cc1. The zero-order chi connectivity index (χ0) is 22.2. The molecule has 1 aromatic carbocycles. The fourth-order valence-electron chi connectivity index (χ4n) is 3.58. The molecule has 7 nitrogen and oxygen atoms in total. The summed E-state index contributed by atoms with van der Waals surface area (Å²) in [4.78, 5) is 39.3. The fraction of sp³-hybridized carbons (Fsp3) is 0.391. The van der Waals surface area contributed by atoms with Crippen molar-refractivity contribution in [3.8, 4) is 5.75 Å². The van der Waals surface area contributed by atoms with E-state index in [4.69, 9.17) is 21.4 Å². The van der Waals surface area contributed by atoms with Crippen molar-refractivity contribution in [3.63, 3.8) is 0 Å². The standard InChI is InChI=1S/C23H25ClN2O5/c24-21-14-17(11-13-25-21)22(28)26-12-1-2-20(27)15-3-7-18(8-4-15)31-19-9-5-16(6-10-19)23(29)30/h3-4,7-8,11,13-14,16,19H,1-2,5-6,9-10,12H2,(H,26,28)(H,29,30). The Bertz CT molecular complexity index is 924. The maximum atomic E-state index is 12.4. The Morgan fingerprint density at radius 2 is 1.77 bits per heavy atom. The van der Waals surface area contributed by atoms with Crippen LogP contribution in [-0.4, -0.2) is 40.4 Å². The van der Waals surface area contributed by atoms with Crippen LogP contribution >= 0.6 is 11.6 Å². The highest BCUT2D eigenvalue weighted by Crippen LogP contribution is 2.28. The molecule has 1 saturated carbocycles. The average Bonchev–Trinajstić information content (AvgIpc) is 2.77. The van der Waals surface area contributed by atoms with Crippen molar-refractivity contribution in [1.29, 1.82) is 0 Å². The molecule has 2 N–H and O–H groups in total. The van der Waals surface area contributed by atoms with E-state index in [9.17, 15) is 14.4 Å². The Hall–Kier alpha value is -2.93. The molecule has 0 radical (unpaired) electrons. The first-order valence-electron chi connectivity index (χ1n) is 10.3. The van der Waals surface area contributed by atoms with Crippen LogP contribution in [0.2, 0.25) is 5.15 Å². The zero-order valence-corrected chi connectivity index (χ0v) is 17.8. The van der Waals surface area contributed by atoms with Crippen LogP contribution in [0.15, 0.2) is 42.6 Å². The summed E-state index contributed by atoms with van der Waals surface area (Å²) in [6, 6.07) is 10.1. The number of nitrogens with zero attached hydrogens (tertiary/aromatic N) is 1. The van der Waals surface area contributed by atoms with E-state index in [1.54, 1.807) is 30.3 Å². The molecule has 0 atom stereocenters. The highest BCUT2D eigenvalue weighted by molar-refractivity contribution is 6.29. The van der Waals surface area contributed by atoms with Gasteiger partial charge in [0.2, 0.25) is 0 Å². The molecule has 164 valence electrons. The van der Waals surface area contributed by atoms with Crippen LogP contribution in [-0.2, 0) is 4.79 Å². The topological polar surface area (TPSA) is 106 Å². The Kier molecular flexibility index (Phi) is 8.00. The van der Waals surface area contributed by atoms with Gasteiger partial charge >= 0.3 is 5.97 Å². The molecule has 1 aromatic heterocycles. The summed E-state index contributed by atoms with van der Waals surface area (Å²) in [6.45, 7) is 0.380. The van der Waals surface area contributed by atoms with Crippen LogP contribution in [0.25, 0.3) is 0 Å². The summed E-state index contributed by atoms with van der Waals surface area (Å²) in [6.07, 6.45) is 5.00. The summed E-state index contributed by atoms with van der Waals surface area (Å²) in [5.74, 6) is -0.585. The number of nitrogens with one attached hydrogen (secondary N) is 1. The van der Waals surface area contributed by atoms with Crippen molar-refractivity contribution in [1.82, 2.24) is 10.3 Å². The van der Waals surface area contributed by atoms with Crippen LogP contribution in [0.1, 0.15) is 59.2 Å². The van der Waals surface area contributed by atoms with E-state index in [1.807, 2.05) is 0 Å². The fourth-order valence-corrected chi connectivity index (χ4v) is 3.75. The number of Topliss-reactive ketones (excluding diaryl/α,β-unsaturated/α-hetero) is 1. The molecular weight excluding hydrogens is 420 g/mol. The van der Waals surface area contributed by atoms with Crippen molar-refractivity contribution in [2.24, 2.45) is 5.92 Å². The van der Waals surface area contributed by atoms with Gasteiger partial charge in [0, 0.05) is 30.3 Å². The van der Waals surface area contributed by atoms with Gasteiger partial charge in [0.05, 0.1) is 12.0 Å². The minimum absolute atomic E-state index is 0.00489. The van der Waals surface area contributed by atoms with Crippen molar-refractivity contribution in [2.45, 2.75) is 44.6 Å². The number of pyridine rings is 1. The second kappa shape index (κ2) is 10.9. The van der Waals surface area contributed by atoms with E-state index >= 15 is 0 Å². The number of carbonyl (C=O) groups excluding carboxylic acids is 2. The van der Waals surface area contributed by atoms with Crippen LogP contribution in [0.3, 0.4) is 0 Å². The largest absolute Gasteiger partial charge is 0.490 e. The Balaban J connectivity index is 1.39. The second-order valence-electron chi connectivity index (χ2n) is 7.60. The number of ether oxygens (including phenoxy) is 1. The molecule has 0 bridgehead atoms. The van der Waals surface area contributed by atoms with Crippen molar-refractivity contribution in [3.05, 3.63) is 58.9 Å². The first kappa shape index (κ1) is 22.7.